The van der Waals surface area contributed by atoms with Crippen molar-refractivity contribution in [2.75, 3.05) is 25.0 Å². The summed E-state index contributed by atoms with van der Waals surface area (Å²) < 4.78 is 38.6. The molecule has 0 spiro atoms. The van der Waals surface area contributed by atoms with E-state index in [1.807, 2.05) is 0 Å². The lowest BCUT2D eigenvalue weighted by Gasteiger charge is -2.31. The van der Waals surface area contributed by atoms with Gasteiger partial charge in [-0.25, -0.2) is 12.8 Å². The number of likely N-dealkylation sites (tertiary alicyclic amines) is 1. The van der Waals surface area contributed by atoms with Crippen LogP contribution in [0, 0.1) is 5.82 Å². The van der Waals surface area contributed by atoms with Gasteiger partial charge in [-0.15, -0.1) is 0 Å². The summed E-state index contributed by atoms with van der Waals surface area (Å²) in [5, 5.41) is 2.11. The predicted molar refractivity (Wildman–Crippen MR) is 103 cm³/mol. The van der Waals surface area contributed by atoms with Crippen LogP contribution in [-0.2, 0) is 21.1 Å². The fraction of sp³-hybridized carbons (Fsp3) is 0.350. The molecule has 2 aromatic carbocycles. The minimum atomic E-state index is -3.37. The lowest BCUT2D eigenvalue weighted by atomic mass is 10.1. The Morgan fingerprint density at radius 2 is 1.67 bits per heavy atom. The molecule has 0 radical (unpaired) electrons. The number of sulfone groups is 1. The smallest absolute Gasteiger partial charge is 0.211 e. The van der Waals surface area contributed by atoms with E-state index in [1.165, 1.54) is 12.1 Å². The SMILES string of the molecule is O=CNc1ccc(S(=O)(=O)C2CCN(CCc3ccc(F)cc3)CC2)cc1. The van der Waals surface area contributed by atoms with Gasteiger partial charge in [0.1, 0.15) is 5.82 Å². The van der Waals surface area contributed by atoms with Gasteiger partial charge in [-0.05, 0) is 74.3 Å². The Kier molecular flexibility index (Phi) is 6.23. The molecule has 0 atom stereocenters. The molecule has 3 rings (SSSR count). The molecule has 0 aromatic heterocycles. The number of rotatable bonds is 7. The molecule has 7 heteroatoms. The van der Waals surface area contributed by atoms with Crippen LogP contribution < -0.4 is 5.32 Å². The number of hydrogen-bond donors (Lipinski definition) is 1. The molecule has 1 N–H and O–H groups in total. The van der Waals surface area contributed by atoms with Crippen molar-refractivity contribution in [2.45, 2.75) is 29.4 Å². The van der Waals surface area contributed by atoms with Crippen molar-refractivity contribution in [1.82, 2.24) is 4.90 Å². The Hall–Kier alpha value is -2.25. The Morgan fingerprint density at radius 3 is 2.26 bits per heavy atom. The molecule has 0 saturated carbocycles. The van der Waals surface area contributed by atoms with E-state index in [9.17, 15) is 17.6 Å². The molecule has 1 heterocycles. The Morgan fingerprint density at radius 1 is 1.04 bits per heavy atom. The van der Waals surface area contributed by atoms with Gasteiger partial charge in [0.05, 0.1) is 10.1 Å². The fourth-order valence-electron chi connectivity index (χ4n) is 3.38. The maximum Gasteiger partial charge on any atom is 0.211 e. The molecular weight excluding hydrogens is 367 g/mol. The summed E-state index contributed by atoms with van der Waals surface area (Å²) in [4.78, 5) is 13.0. The molecule has 1 fully saturated rings. The Labute approximate surface area is 159 Å². The molecule has 1 amide bonds. The maximum absolute atomic E-state index is 13.0. The second-order valence-corrected chi connectivity index (χ2v) is 8.98. The zero-order valence-corrected chi connectivity index (χ0v) is 15.8. The van der Waals surface area contributed by atoms with E-state index >= 15 is 0 Å². The summed E-state index contributed by atoms with van der Waals surface area (Å²) in [7, 11) is -3.37. The Balaban J connectivity index is 1.54. The summed E-state index contributed by atoms with van der Waals surface area (Å²) in [5.41, 5.74) is 1.65. The van der Waals surface area contributed by atoms with Gasteiger partial charge in [-0.1, -0.05) is 12.1 Å². The van der Waals surface area contributed by atoms with Gasteiger partial charge >= 0.3 is 0 Å². The van der Waals surface area contributed by atoms with Gasteiger partial charge in [0.25, 0.3) is 0 Å². The van der Waals surface area contributed by atoms with E-state index < -0.39 is 9.84 Å². The first-order chi connectivity index (χ1) is 13.0. The molecule has 0 unspecified atom stereocenters. The topological polar surface area (TPSA) is 66.5 Å². The Bertz CT molecular complexity index is 859. The van der Waals surface area contributed by atoms with Crippen molar-refractivity contribution in [2.24, 2.45) is 0 Å². The van der Waals surface area contributed by atoms with Gasteiger partial charge in [-0.2, -0.15) is 0 Å². The molecule has 0 bridgehead atoms. The van der Waals surface area contributed by atoms with Crippen LogP contribution in [0.1, 0.15) is 18.4 Å². The minimum absolute atomic E-state index is 0.236. The number of anilines is 1. The van der Waals surface area contributed by atoms with Crippen LogP contribution in [0.25, 0.3) is 0 Å². The first-order valence-electron chi connectivity index (χ1n) is 9.00. The molecule has 27 heavy (non-hydrogen) atoms. The van der Waals surface area contributed by atoms with Crippen LogP contribution in [0.15, 0.2) is 53.4 Å². The molecule has 1 aliphatic rings. The predicted octanol–water partition coefficient (Wildman–Crippen LogP) is 2.87. The highest BCUT2D eigenvalue weighted by Crippen LogP contribution is 2.25. The van der Waals surface area contributed by atoms with E-state index in [4.69, 9.17) is 0 Å². The number of amides is 1. The third kappa shape index (κ3) is 4.93. The molecule has 5 nitrogen and oxygen atoms in total. The highest BCUT2D eigenvalue weighted by atomic mass is 32.2. The monoisotopic (exact) mass is 390 g/mol. The van der Waals surface area contributed by atoms with Crippen molar-refractivity contribution in [3.63, 3.8) is 0 Å². The van der Waals surface area contributed by atoms with Gasteiger partial charge in [-0.3, -0.25) is 4.79 Å². The number of benzene rings is 2. The standard InChI is InChI=1S/C20H23FN2O3S/c21-17-3-1-16(2-4-17)9-12-23-13-10-20(11-14-23)27(25,26)19-7-5-18(6-8-19)22-15-24/h1-8,15,20H,9-14H2,(H,22,24). The second kappa shape index (κ2) is 8.63. The first-order valence-corrected chi connectivity index (χ1v) is 10.5. The van der Waals surface area contributed by atoms with Crippen LogP contribution in [0.4, 0.5) is 10.1 Å². The van der Waals surface area contributed by atoms with Gasteiger partial charge in [0.2, 0.25) is 6.41 Å². The lowest BCUT2D eigenvalue weighted by molar-refractivity contribution is -0.105. The third-order valence-electron chi connectivity index (χ3n) is 5.01. The summed E-state index contributed by atoms with van der Waals surface area (Å²) in [5.74, 6) is -0.236. The number of carbonyl (C=O) groups is 1. The fourth-order valence-corrected chi connectivity index (χ4v) is 5.11. The maximum atomic E-state index is 13.0. The largest absolute Gasteiger partial charge is 0.329 e. The first kappa shape index (κ1) is 19.5. The van der Waals surface area contributed by atoms with Gasteiger partial charge in [0.15, 0.2) is 9.84 Å². The molecular formula is C20H23FN2O3S. The quantitative estimate of drug-likeness (QED) is 0.739. The number of nitrogens with zero attached hydrogens (tertiary/aromatic N) is 1. The highest BCUT2D eigenvalue weighted by molar-refractivity contribution is 7.92. The number of piperidine rings is 1. The van der Waals surface area contributed by atoms with Gasteiger partial charge in [0, 0.05) is 12.2 Å². The van der Waals surface area contributed by atoms with E-state index in [2.05, 4.69) is 10.2 Å². The van der Waals surface area contributed by atoms with Crippen LogP contribution in [-0.4, -0.2) is 44.6 Å². The minimum Gasteiger partial charge on any atom is -0.329 e. The van der Waals surface area contributed by atoms with Crippen molar-refractivity contribution >= 4 is 21.9 Å². The van der Waals surface area contributed by atoms with Crippen LogP contribution >= 0.6 is 0 Å². The summed E-state index contributed by atoms with van der Waals surface area (Å²) in [6.45, 7) is 2.30. The molecule has 0 aliphatic carbocycles. The van der Waals surface area contributed by atoms with Crippen molar-refractivity contribution in [3.8, 4) is 0 Å². The normalized spacial score (nSPS) is 16.2. The van der Waals surface area contributed by atoms with E-state index in [0.29, 0.717) is 29.8 Å². The lowest BCUT2D eigenvalue weighted by Crippen LogP contribution is -2.40. The number of halogens is 1. The average Bonchev–Trinajstić information content (AvgIpc) is 2.69. The molecule has 1 aliphatic heterocycles. The zero-order valence-electron chi connectivity index (χ0n) is 15.0. The van der Waals surface area contributed by atoms with Crippen molar-refractivity contribution < 1.29 is 17.6 Å². The second-order valence-electron chi connectivity index (χ2n) is 6.75. The summed E-state index contributed by atoms with van der Waals surface area (Å²) in [6, 6.07) is 12.8. The molecule has 1 saturated heterocycles. The summed E-state index contributed by atoms with van der Waals surface area (Å²) in [6.07, 6.45) is 2.58. The number of carbonyl (C=O) groups excluding carboxylic acids is 1. The van der Waals surface area contributed by atoms with Crippen LogP contribution in [0.3, 0.4) is 0 Å². The van der Waals surface area contributed by atoms with E-state index in [-0.39, 0.29) is 11.1 Å². The molecule has 2 aromatic rings. The van der Waals surface area contributed by atoms with E-state index in [0.717, 1.165) is 31.6 Å². The van der Waals surface area contributed by atoms with E-state index in [1.54, 1.807) is 36.4 Å². The van der Waals surface area contributed by atoms with Crippen LogP contribution in [0.5, 0.6) is 0 Å². The van der Waals surface area contributed by atoms with Crippen molar-refractivity contribution in [1.29, 1.82) is 0 Å². The number of nitrogens with one attached hydrogen (secondary N) is 1. The number of hydrogen-bond acceptors (Lipinski definition) is 4. The molecule has 144 valence electrons. The highest BCUT2D eigenvalue weighted by Gasteiger charge is 2.31. The average molecular weight is 390 g/mol. The zero-order chi connectivity index (χ0) is 19.3. The van der Waals surface area contributed by atoms with Crippen molar-refractivity contribution in [3.05, 3.63) is 59.9 Å². The summed E-state index contributed by atoms with van der Waals surface area (Å²) >= 11 is 0. The third-order valence-corrected chi connectivity index (χ3v) is 7.29. The van der Waals surface area contributed by atoms with Gasteiger partial charge < -0.3 is 10.2 Å². The van der Waals surface area contributed by atoms with Crippen LogP contribution in [0.2, 0.25) is 0 Å².